The molecule has 2 aromatic carbocycles. The van der Waals surface area contributed by atoms with Crippen LogP contribution in [0.25, 0.3) is 0 Å². The molecule has 126 valence electrons. The zero-order chi connectivity index (χ0) is 17.0. The molecule has 2 rings (SSSR count). The van der Waals surface area contributed by atoms with E-state index in [4.69, 9.17) is 4.74 Å². The summed E-state index contributed by atoms with van der Waals surface area (Å²) in [6.45, 7) is 0.755. The van der Waals surface area contributed by atoms with Crippen molar-refractivity contribution >= 4 is 11.8 Å². The molecule has 0 saturated carbocycles. The summed E-state index contributed by atoms with van der Waals surface area (Å²) in [4.78, 5) is 23.3. The summed E-state index contributed by atoms with van der Waals surface area (Å²) < 4.78 is 5.33. The van der Waals surface area contributed by atoms with E-state index in [1.54, 1.807) is 12.1 Å². The topological polar surface area (TPSA) is 67.4 Å². The van der Waals surface area contributed by atoms with Gasteiger partial charge in [0, 0.05) is 19.5 Å². The Morgan fingerprint density at radius 2 is 1.38 bits per heavy atom. The fraction of sp³-hybridized carbons (Fsp3) is 0.263. The Labute approximate surface area is 142 Å². The summed E-state index contributed by atoms with van der Waals surface area (Å²) in [5.74, 6) is 0.424. The molecule has 0 unspecified atom stereocenters. The molecule has 0 aromatic heterocycles. The van der Waals surface area contributed by atoms with Gasteiger partial charge in [-0.05, 0) is 24.1 Å². The molecule has 0 aliphatic carbocycles. The second-order valence-corrected chi connectivity index (χ2v) is 5.29. The maximum absolute atomic E-state index is 11.7. The average Bonchev–Trinajstić information content (AvgIpc) is 2.63. The molecule has 0 aliphatic rings. The van der Waals surface area contributed by atoms with Gasteiger partial charge in [-0.3, -0.25) is 9.59 Å². The minimum atomic E-state index is -0.211. The summed E-state index contributed by atoms with van der Waals surface area (Å²) in [7, 11) is 0. The van der Waals surface area contributed by atoms with Crippen molar-refractivity contribution in [3.63, 3.8) is 0 Å². The standard InChI is InChI=1S/C19H22N2O3/c22-18(12-11-16-7-3-1-4-8-16)20-13-14-21-19(23)15-24-17-9-5-2-6-10-17/h1-10H,11-15H2,(H,20,22)(H,21,23). The Bertz CT molecular complexity index is 572. The highest BCUT2D eigenvalue weighted by molar-refractivity contribution is 5.78. The average molecular weight is 326 g/mol. The van der Waals surface area contributed by atoms with Crippen molar-refractivity contribution in [3.05, 3.63) is 66.2 Å². The number of hydrogen-bond donors (Lipinski definition) is 2. The second-order valence-electron chi connectivity index (χ2n) is 5.29. The molecule has 0 atom stereocenters. The SMILES string of the molecule is O=C(CCc1ccccc1)NCCNC(=O)COc1ccccc1. The number of nitrogens with one attached hydrogen (secondary N) is 2. The van der Waals surface area contributed by atoms with Crippen molar-refractivity contribution in [2.24, 2.45) is 0 Å². The molecule has 24 heavy (non-hydrogen) atoms. The second kappa shape index (κ2) is 10.0. The number of amides is 2. The van der Waals surface area contributed by atoms with Gasteiger partial charge >= 0.3 is 0 Å². The first-order valence-corrected chi connectivity index (χ1v) is 7.99. The van der Waals surface area contributed by atoms with Gasteiger partial charge in [0.15, 0.2) is 6.61 Å². The quantitative estimate of drug-likeness (QED) is 0.692. The largest absolute Gasteiger partial charge is 0.484 e. The van der Waals surface area contributed by atoms with Crippen LogP contribution in [0.1, 0.15) is 12.0 Å². The van der Waals surface area contributed by atoms with Gasteiger partial charge in [-0.1, -0.05) is 48.5 Å². The molecule has 0 aliphatic heterocycles. The third-order valence-electron chi connectivity index (χ3n) is 3.37. The van der Waals surface area contributed by atoms with Crippen LogP contribution < -0.4 is 15.4 Å². The molecule has 0 radical (unpaired) electrons. The van der Waals surface area contributed by atoms with Crippen molar-refractivity contribution in [1.29, 1.82) is 0 Å². The van der Waals surface area contributed by atoms with Crippen molar-refractivity contribution in [2.45, 2.75) is 12.8 Å². The monoisotopic (exact) mass is 326 g/mol. The van der Waals surface area contributed by atoms with Crippen molar-refractivity contribution in [2.75, 3.05) is 19.7 Å². The first kappa shape index (κ1) is 17.5. The zero-order valence-corrected chi connectivity index (χ0v) is 13.5. The minimum absolute atomic E-state index is 0.0198. The molecule has 0 heterocycles. The van der Waals surface area contributed by atoms with Gasteiger partial charge in [-0.25, -0.2) is 0 Å². The fourth-order valence-electron chi connectivity index (χ4n) is 2.11. The van der Waals surface area contributed by atoms with E-state index in [1.165, 1.54) is 0 Å². The predicted molar refractivity (Wildman–Crippen MR) is 92.7 cm³/mol. The van der Waals surface area contributed by atoms with Crippen LogP contribution in [0.3, 0.4) is 0 Å². The number of benzene rings is 2. The normalized spacial score (nSPS) is 10.0. The molecule has 5 heteroatoms. The van der Waals surface area contributed by atoms with Gasteiger partial charge < -0.3 is 15.4 Å². The molecular formula is C19H22N2O3. The number of ether oxygens (including phenoxy) is 1. The molecular weight excluding hydrogens is 304 g/mol. The number of aryl methyl sites for hydroxylation is 1. The summed E-state index contributed by atoms with van der Waals surface area (Å²) in [6.07, 6.45) is 1.15. The summed E-state index contributed by atoms with van der Waals surface area (Å²) >= 11 is 0. The minimum Gasteiger partial charge on any atom is -0.484 e. The Morgan fingerprint density at radius 1 is 0.792 bits per heavy atom. The van der Waals surface area contributed by atoms with E-state index in [-0.39, 0.29) is 18.4 Å². The van der Waals surface area contributed by atoms with Crippen molar-refractivity contribution in [1.82, 2.24) is 10.6 Å². The maximum atomic E-state index is 11.7. The number of carbonyl (C=O) groups excluding carboxylic acids is 2. The maximum Gasteiger partial charge on any atom is 0.258 e. The van der Waals surface area contributed by atoms with Crippen LogP contribution in [0.5, 0.6) is 5.75 Å². The Morgan fingerprint density at radius 3 is 2.04 bits per heavy atom. The molecule has 2 aromatic rings. The smallest absolute Gasteiger partial charge is 0.258 e. The summed E-state index contributed by atoms with van der Waals surface area (Å²) in [5.41, 5.74) is 1.14. The fourth-order valence-corrected chi connectivity index (χ4v) is 2.11. The molecule has 0 fully saturated rings. The van der Waals surface area contributed by atoms with Gasteiger partial charge in [0.1, 0.15) is 5.75 Å². The van der Waals surface area contributed by atoms with Gasteiger partial charge in [-0.15, -0.1) is 0 Å². The highest BCUT2D eigenvalue weighted by atomic mass is 16.5. The molecule has 0 bridgehead atoms. The van der Waals surface area contributed by atoms with Crippen LogP contribution in [0.15, 0.2) is 60.7 Å². The number of carbonyl (C=O) groups is 2. The molecule has 5 nitrogen and oxygen atoms in total. The van der Waals surface area contributed by atoms with E-state index in [1.807, 2.05) is 48.5 Å². The van der Waals surface area contributed by atoms with Gasteiger partial charge in [0.25, 0.3) is 5.91 Å². The molecule has 0 saturated heterocycles. The molecule has 0 spiro atoms. The van der Waals surface area contributed by atoms with Crippen LogP contribution >= 0.6 is 0 Å². The summed E-state index contributed by atoms with van der Waals surface area (Å²) in [5, 5.41) is 5.49. The Hall–Kier alpha value is -2.82. The van der Waals surface area contributed by atoms with Crippen LogP contribution in [-0.2, 0) is 16.0 Å². The van der Waals surface area contributed by atoms with Gasteiger partial charge in [-0.2, -0.15) is 0 Å². The van der Waals surface area contributed by atoms with Gasteiger partial charge in [0.05, 0.1) is 0 Å². The number of para-hydroxylation sites is 1. The van der Waals surface area contributed by atoms with Crippen LogP contribution in [0.4, 0.5) is 0 Å². The third kappa shape index (κ3) is 6.96. The van der Waals surface area contributed by atoms with E-state index >= 15 is 0 Å². The lowest BCUT2D eigenvalue weighted by Gasteiger charge is -2.08. The van der Waals surface area contributed by atoms with E-state index in [0.717, 1.165) is 5.56 Å². The Balaban J connectivity index is 1.52. The van der Waals surface area contributed by atoms with E-state index in [0.29, 0.717) is 31.7 Å². The Kier molecular flexibility index (Phi) is 7.34. The van der Waals surface area contributed by atoms with Gasteiger partial charge in [0.2, 0.25) is 5.91 Å². The van der Waals surface area contributed by atoms with Crippen molar-refractivity contribution < 1.29 is 14.3 Å². The highest BCUT2D eigenvalue weighted by Gasteiger charge is 2.04. The van der Waals surface area contributed by atoms with E-state index < -0.39 is 0 Å². The predicted octanol–water partition coefficient (Wildman–Crippen LogP) is 1.93. The first-order chi connectivity index (χ1) is 11.7. The number of rotatable bonds is 9. The molecule has 2 amide bonds. The lowest BCUT2D eigenvalue weighted by Crippen LogP contribution is -2.36. The zero-order valence-electron chi connectivity index (χ0n) is 13.5. The lowest BCUT2D eigenvalue weighted by molar-refractivity contribution is -0.124. The van der Waals surface area contributed by atoms with Crippen LogP contribution in [0, 0.1) is 0 Å². The molecule has 2 N–H and O–H groups in total. The van der Waals surface area contributed by atoms with Crippen LogP contribution in [-0.4, -0.2) is 31.5 Å². The van der Waals surface area contributed by atoms with E-state index in [2.05, 4.69) is 10.6 Å². The first-order valence-electron chi connectivity index (χ1n) is 7.99. The summed E-state index contributed by atoms with van der Waals surface area (Å²) in [6, 6.07) is 19.0. The lowest BCUT2D eigenvalue weighted by atomic mass is 10.1. The van der Waals surface area contributed by atoms with Crippen molar-refractivity contribution in [3.8, 4) is 5.75 Å². The third-order valence-corrected chi connectivity index (χ3v) is 3.37. The van der Waals surface area contributed by atoms with E-state index in [9.17, 15) is 9.59 Å². The number of hydrogen-bond acceptors (Lipinski definition) is 3. The van der Waals surface area contributed by atoms with Crippen LogP contribution in [0.2, 0.25) is 0 Å². The highest BCUT2D eigenvalue weighted by Crippen LogP contribution is 2.07.